The summed E-state index contributed by atoms with van der Waals surface area (Å²) in [6.45, 7) is -0.866. The molecule has 0 radical (unpaired) electrons. The van der Waals surface area contributed by atoms with E-state index in [2.05, 4.69) is 0 Å². The molecule has 1 rings (SSSR count). The third-order valence-corrected chi connectivity index (χ3v) is 1.18. The molecule has 10 heavy (non-hydrogen) atoms. The predicted octanol–water partition coefficient (Wildman–Crippen LogP) is 0.590. The zero-order valence-corrected chi connectivity index (χ0v) is 5.13. The molecule has 0 heterocycles. The highest BCUT2D eigenvalue weighted by Gasteiger charge is 2.11. The molecule has 0 aliphatic heterocycles. The second kappa shape index (κ2) is 2.56. The second-order valence-corrected chi connectivity index (χ2v) is 1.90. The Kier molecular flexibility index (Phi) is 1.76. The zero-order valence-electron chi connectivity index (χ0n) is 5.13. The Morgan fingerprint density at radius 3 is 2.50 bits per heavy atom. The highest BCUT2D eigenvalue weighted by molar-refractivity contribution is 6.17. The number of alkyl halides is 1. The molecule has 0 unspecified atom stereocenters. The lowest BCUT2D eigenvalue weighted by atomic mass is 10.1. The van der Waals surface area contributed by atoms with Crippen LogP contribution >= 0.6 is 0 Å². The van der Waals surface area contributed by atoms with Crippen molar-refractivity contribution in [2.24, 2.45) is 0 Å². The van der Waals surface area contributed by atoms with Gasteiger partial charge in [-0.1, -0.05) is 0 Å². The van der Waals surface area contributed by atoms with Crippen molar-refractivity contribution in [1.82, 2.24) is 0 Å². The van der Waals surface area contributed by atoms with E-state index in [0.29, 0.717) is 0 Å². The van der Waals surface area contributed by atoms with Gasteiger partial charge in [-0.05, 0) is 18.2 Å². The fourth-order valence-electron chi connectivity index (χ4n) is 0.660. The number of carbonyl (C=O) groups is 2. The minimum Gasteiger partial charge on any atom is -0.290 e. The van der Waals surface area contributed by atoms with E-state index in [1.165, 1.54) is 0 Å². The molecule has 0 fully saturated rings. The SMILES string of the molecule is O=C1C=CC(=O)C(CF)=C1. The van der Waals surface area contributed by atoms with E-state index < -0.39 is 12.5 Å². The van der Waals surface area contributed by atoms with Crippen LogP contribution in [0.15, 0.2) is 23.8 Å². The number of carbonyl (C=O) groups excluding carboxylic acids is 2. The van der Waals surface area contributed by atoms with E-state index in [0.717, 1.165) is 18.2 Å². The Morgan fingerprint density at radius 2 is 2.00 bits per heavy atom. The van der Waals surface area contributed by atoms with Crippen LogP contribution in [0.1, 0.15) is 0 Å². The van der Waals surface area contributed by atoms with Crippen LogP contribution in [0.25, 0.3) is 0 Å². The highest BCUT2D eigenvalue weighted by Crippen LogP contribution is 2.04. The van der Waals surface area contributed by atoms with Crippen LogP contribution in [0.5, 0.6) is 0 Å². The molecule has 1 aliphatic carbocycles. The summed E-state index contributed by atoms with van der Waals surface area (Å²) in [4.78, 5) is 21.1. The third-order valence-electron chi connectivity index (χ3n) is 1.18. The second-order valence-electron chi connectivity index (χ2n) is 1.90. The summed E-state index contributed by atoms with van der Waals surface area (Å²) in [6, 6.07) is 0. The van der Waals surface area contributed by atoms with E-state index in [9.17, 15) is 14.0 Å². The molecule has 3 heteroatoms. The van der Waals surface area contributed by atoms with Crippen LogP contribution in [0.4, 0.5) is 4.39 Å². The Balaban J connectivity index is 2.89. The molecule has 2 nitrogen and oxygen atoms in total. The highest BCUT2D eigenvalue weighted by atomic mass is 19.1. The van der Waals surface area contributed by atoms with Crippen molar-refractivity contribution in [3.8, 4) is 0 Å². The normalized spacial score (nSPS) is 17.5. The largest absolute Gasteiger partial charge is 0.290 e. The lowest BCUT2D eigenvalue weighted by Gasteiger charge is -1.99. The van der Waals surface area contributed by atoms with Crippen molar-refractivity contribution in [2.75, 3.05) is 6.67 Å². The Hall–Kier alpha value is -1.25. The Morgan fingerprint density at radius 1 is 1.30 bits per heavy atom. The standard InChI is InChI=1S/C7H5FO2/c8-4-5-3-6(9)1-2-7(5)10/h1-3H,4H2. The topological polar surface area (TPSA) is 34.1 Å². The van der Waals surface area contributed by atoms with Gasteiger partial charge in [-0.2, -0.15) is 0 Å². The predicted molar refractivity (Wildman–Crippen MR) is 33.2 cm³/mol. The molecule has 0 atom stereocenters. The van der Waals surface area contributed by atoms with E-state index in [-0.39, 0.29) is 11.4 Å². The molecule has 0 saturated heterocycles. The molecule has 0 spiro atoms. The molecular formula is C7H5FO2. The number of allylic oxidation sites excluding steroid dienone is 4. The molecule has 0 aromatic carbocycles. The molecule has 0 amide bonds. The molecule has 0 saturated carbocycles. The first kappa shape index (κ1) is 6.86. The van der Waals surface area contributed by atoms with Crippen LogP contribution in [-0.4, -0.2) is 18.2 Å². The molecule has 1 aliphatic rings. The zero-order chi connectivity index (χ0) is 7.56. The van der Waals surface area contributed by atoms with Crippen molar-refractivity contribution in [2.45, 2.75) is 0 Å². The summed E-state index contributed by atoms with van der Waals surface area (Å²) in [5.74, 6) is -0.741. The van der Waals surface area contributed by atoms with Gasteiger partial charge in [0.1, 0.15) is 6.67 Å². The first-order chi connectivity index (χ1) is 4.74. The minimum atomic E-state index is -0.866. The van der Waals surface area contributed by atoms with Gasteiger partial charge >= 0.3 is 0 Å². The van der Waals surface area contributed by atoms with Gasteiger partial charge in [0.15, 0.2) is 11.6 Å². The number of hydrogen-bond donors (Lipinski definition) is 0. The van der Waals surface area contributed by atoms with Crippen molar-refractivity contribution in [3.63, 3.8) is 0 Å². The Bertz CT molecular complexity index is 238. The van der Waals surface area contributed by atoms with Crippen LogP contribution in [-0.2, 0) is 9.59 Å². The number of rotatable bonds is 1. The minimum absolute atomic E-state index is 0.0625. The maximum Gasteiger partial charge on any atom is 0.184 e. The first-order valence-corrected chi connectivity index (χ1v) is 2.77. The summed E-state index contributed by atoms with van der Waals surface area (Å²) in [6.07, 6.45) is 3.22. The summed E-state index contributed by atoms with van der Waals surface area (Å²) >= 11 is 0. The van der Waals surface area contributed by atoms with E-state index in [4.69, 9.17) is 0 Å². The lowest BCUT2D eigenvalue weighted by Crippen LogP contribution is -2.08. The summed E-state index contributed by atoms with van der Waals surface area (Å²) in [5, 5.41) is 0. The summed E-state index contributed by atoms with van der Waals surface area (Å²) in [5.41, 5.74) is -0.0625. The average molecular weight is 140 g/mol. The molecule has 52 valence electrons. The van der Waals surface area contributed by atoms with Gasteiger partial charge in [0.2, 0.25) is 0 Å². The monoisotopic (exact) mass is 140 g/mol. The van der Waals surface area contributed by atoms with Crippen LogP contribution in [0.3, 0.4) is 0 Å². The van der Waals surface area contributed by atoms with Gasteiger partial charge < -0.3 is 0 Å². The van der Waals surface area contributed by atoms with E-state index in [1.807, 2.05) is 0 Å². The van der Waals surface area contributed by atoms with Crippen molar-refractivity contribution in [1.29, 1.82) is 0 Å². The van der Waals surface area contributed by atoms with Crippen LogP contribution in [0.2, 0.25) is 0 Å². The van der Waals surface area contributed by atoms with Crippen molar-refractivity contribution in [3.05, 3.63) is 23.8 Å². The van der Waals surface area contributed by atoms with Crippen molar-refractivity contribution >= 4 is 11.6 Å². The molecule has 0 bridgehead atoms. The van der Waals surface area contributed by atoms with E-state index >= 15 is 0 Å². The quantitative estimate of drug-likeness (QED) is 0.499. The number of ketones is 2. The van der Waals surface area contributed by atoms with Gasteiger partial charge in [-0.25, -0.2) is 4.39 Å². The van der Waals surface area contributed by atoms with Crippen molar-refractivity contribution < 1.29 is 14.0 Å². The van der Waals surface area contributed by atoms with Gasteiger partial charge in [-0.15, -0.1) is 0 Å². The summed E-state index contributed by atoms with van der Waals surface area (Å²) in [7, 11) is 0. The first-order valence-electron chi connectivity index (χ1n) is 2.77. The fourth-order valence-corrected chi connectivity index (χ4v) is 0.660. The maximum absolute atomic E-state index is 11.8. The maximum atomic E-state index is 11.8. The van der Waals surface area contributed by atoms with Crippen LogP contribution < -0.4 is 0 Å². The van der Waals surface area contributed by atoms with Gasteiger partial charge in [-0.3, -0.25) is 9.59 Å². The summed E-state index contributed by atoms with van der Waals surface area (Å²) < 4.78 is 11.8. The van der Waals surface area contributed by atoms with Gasteiger partial charge in [0.25, 0.3) is 0 Å². The smallest absolute Gasteiger partial charge is 0.184 e. The average Bonchev–Trinajstić information content (AvgIpc) is 1.94. The number of hydrogen-bond acceptors (Lipinski definition) is 2. The molecule has 0 aromatic rings. The molecule has 0 aromatic heterocycles. The number of halogens is 1. The fraction of sp³-hybridized carbons (Fsp3) is 0.143. The molecular weight excluding hydrogens is 135 g/mol. The van der Waals surface area contributed by atoms with Gasteiger partial charge in [0.05, 0.1) is 0 Å². The molecule has 0 N–H and O–H groups in total. The lowest BCUT2D eigenvalue weighted by molar-refractivity contribution is -0.114. The Labute approximate surface area is 57.0 Å². The van der Waals surface area contributed by atoms with Crippen LogP contribution in [0, 0.1) is 0 Å². The van der Waals surface area contributed by atoms with Gasteiger partial charge in [0, 0.05) is 5.57 Å². The van der Waals surface area contributed by atoms with E-state index in [1.54, 1.807) is 0 Å². The third kappa shape index (κ3) is 1.18.